The van der Waals surface area contributed by atoms with Gasteiger partial charge in [0.1, 0.15) is 11.2 Å². The van der Waals surface area contributed by atoms with Crippen LogP contribution in [0.1, 0.15) is 0 Å². The zero-order valence-electron chi connectivity index (χ0n) is 30.6. The number of nitrogens with zero attached hydrogens (tertiary/aromatic N) is 1. The van der Waals surface area contributed by atoms with Crippen molar-refractivity contribution in [2.24, 2.45) is 0 Å². The quantitative estimate of drug-likeness (QED) is 0.160. The molecule has 0 N–H and O–H groups in total. The zero-order valence-corrected chi connectivity index (χ0v) is 30.6. The molecule has 0 atom stereocenters. The maximum atomic E-state index is 6.23. The number of para-hydroxylation sites is 1. The highest BCUT2D eigenvalue weighted by Crippen LogP contribution is 2.40. The second-order valence-electron chi connectivity index (χ2n) is 14.5. The first-order chi connectivity index (χ1) is 27.7. The van der Waals surface area contributed by atoms with Gasteiger partial charge in [-0.05, 0) is 126 Å². The molecule has 0 saturated carbocycles. The van der Waals surface area contributed by atoms with Gasteiger partial charge < -0.3 is 9.32 Å². The maximum Gasteiger partial charge on any atom is 0.136 e. The van der Waals surface area contributed by atoms with Crippen LogP contribution < -0.4 is 4.90 Å². The summed E-state index contributed by atoms with van der Waals surface area (Å²) < 4.78 is 6.23. The molecule has 11 aromatic rings. The molecule has 11 rings (SSSR count). The summed E-state index contributed by atoms with van der Waals surface area (Å²) in [5, 5.41) is 9.79. The minimum Gasteiger partial charge on any atom is -0.456 e. The molecule has 0 aliphatic carbocycles. The van der Waals surface area contributed by atoms with Crippen LogP contribution in [0.15, 0.2) is 217 Å². The van der Waals surface area contributed by atoms with Gasteiger partial charge in [-0.2, -0.15) is 0 Å². The first kappa shape index (κ1) is 32.0. The Labute approximate surface area is 325 Å². The van der Waals surface area contributed by atoms with Gasteiger partial charge in [-0.25, -0.2) is 0 Å². The van der Waals surface area contributed by atoms with E-state index in [1.165, 1.54) is 54.6 Å². The van der Waals surface area contributed by atoms with Crippen molar-refractivity contribution in [1.29, 1.82) is 0 Å². The van der Waals surface area contributed by atoms with Gasteiger partial charge >= 0.3 is 0 Å². The summed E-state index contributed by atoms with van der Waals surface area (Å²) in [6, 6.07) is 76.6. The van der Waals surface area contributed by atoms with E-state index in [0.29, 0.717) is 0 Å². The topological polar surface area (TPSA) is 16.4 Å². The van der Waals surface area contributed by atoms with Gasteiger partial charge in [-0.1, -0.05) is 152 Å². The van der Waals surface area contributed by atoms with Gasteiger partial charge in [0.25, 0.3) is 0 Å². The SMILES string of the molecule is c1cc(-c2ccc(N(c3ccc(-c4ccc5c(c4)oc4ccccc45)cc3)c3ccc4c(ccc5ccccc54)c3)cc2)cc(-c2cccc3ccccc23)c1. The van der Waals surface area contributed by atoms with Crippen molar-refractivity contribution >= 4 is 71.3 Å². The number of fused-ring (bicyclic) bond motifs is 7. The van der Waals surface area contributed by atoms with Crippen LogP contribution in [0, 0.1) is 0 Å². The van der Waals surface area contributed by atoms with E-state index in [-0.39, 0.29) is 0 Å². The predicted octanol–water partition coefficient (Wildman–Crippen LogP) is 15.5. The standard InChI is InChI=1S/C54H35NO/c1-3-14-47-38(9-1)11-8-17-49(47)42-13-7-12-40(33-42)36-21-26-44(27-22-36)55(46-30-32-50-43(34-46)20-19-39-10-2-4-15-48(39)50)45-28-23-37(24-29-45)41-25-31-52-51-16-5-6-18-53(51)56-54(52)35-41/h1-35H. The molecule has 0 unspecified atom stereocenters. The molecular formula is C54H35NO. The lowest BCUT2D eigenvalue weighted by Crippen LogP contribution is -2.09. The highest BCUT2D eigenvalue weighted by Gasteiger charge is 2.16. The molecule has 0 spiro atoms. The van der Waals surface area contributed by atoms with Crippen LogP contribution in [0.5, 0.6) is 0 Å². The number of benzene rings is 10. The summed E-state index contributed by atoms with van der Waals surface area (Å²) in [4.78, 5) is 2.36. The Morgan fingerprint density at radius 1 is 0.268 bits per heavy atom. The summed E-state index contributed by atoms with van der Waals surface area (Å²) in [5.41, 5.74) is 12.2. The summed E-state index contributed by atoms with van der Waals surface area (Å²) in [6.45, 7) is 0. The summed E-state index contributed by atoms with van der Waals surface area (Å²) in [5.74, 6) is 0. The Bertz CT molecular complexity index is 3240. The second kappa shape index (κ2) is 13.2. The van der Waals surface area contributed by atoms with Gasteiger partial charge in [-0.15, -0.1) is 0 Å². The molecule has 10 aromatic carbocycles. The molecule has 0 bridgehead atoms. The van der Waals surface area contributed by atoms with E-state index >= 15 is 0 Å². The molecule has 262 valence electrons. The van der Waals surface area contributed by atoms with Gasteiger partial charge in [0, 0.05) is 27.8 Å². The summed E-state index contributed by atoms with van der Waals surface area (Å²) in [7, 11) is 0. The van der Waals surface area contributed by atoms with Crippen LogP contribution in [0.4, 0.5) is 17.1 Å². The molecular weight excluding hydrogens is 679 g/mol. The molecule has 0 saturated heterocycles. The Hall–Kier alpha value is -7.42. The van der Waals surface area contributed by atoms with E-state index in [4.69, 9.17) is 4.42 Å². The number of furan rings is 1. The first-order valence-electron chi connectivity index (χ1n) is 19.2. The monoisotopic (exact) mass is 713 g/mol. The Kier molecular flexibility index (Phi) is 7.53. The van der Waals surface area contributed by atoms with Crippen LogP contribution >= 0.6 is 0 Å². The van der Waals surface area contributed by atoms with Crippen LogP contribution in [0.3, 0.4) is 0 Å². The number of anilines is 3. The maximum absolute atomic E-state index is 6.23. The van der Waals surface area contributed by atoms with E-state index in [9.17, 15) is 0 Å². The average Bonchev–Trinajstić information content (AvgIpc) is 3.65. The second-order valence-corrected chi connectivity index (χ2v) is 14.5. The van der Waals surface area contributed by atoms with E-state index in [1.807, 2.05) is 12.1 Å². The minimum absolute atomic E-state index is 0.904. The largest absolute Gasteiger partial charge is 0.456 e. The third-order valence-corrected chi connectivity index (χ3v) is 11.2. The molecule has 1 aromatic heterocycles. The number of rotatable bonds is 6. The normalized spacial score (nSPS) is 11.6. The summed E-state index contributed by atoms with van der Waals surface area (Å²) >= 11 is 0. The van der Waals surface area contributed by atoms with Crippen molar-refractivity contribution < 1.29 is 4.42 Å². The van der Waals surface area contributed by atoms with Crippen molar-refractivity contribution in [3.8, 4) is 33.4 Å². The number of hydrogen-bond donors (Lipinski definition) is 0. The highest BCUT2D eigenvalue weighted by molar-refractivity contribution is 6.09. The fourth-order valence-corrected chi connectivity index (χ4v) is 8.44. The van der Waals surface area contributed by atoms with Crippen molar-refractivity contribution in [3.63, 3.8) is 0 Å². The van der Waals surface area contributed by atoms with Crippen molar-refractivity contribution in [1.82, 2.24) is 0 Å². The summed E-state index contributed by atoms with van der Waals surface area (Å²) in [6.07, 6.45) is 0. The lowest BCUT2D eigenvalue weighted by Gasteiger charge is -2.26. The average molecular weight is 714 g/mol. The lowest BCUT2D eigenvalue weighted by atomic mass is 9.95. The van der Waals surface area contributed by atoms with Crippen molar-refractivity contribution in [3.05, 3.63) is 212 Å². The molecule has 0 radical (unpaired) electrons. The lowest BCUT2D eigenvalue weighted by molar-refractivity contribution is 0.669. The van der Waals surface area contributed by atoms with Gasteiger partial charge in [0.05, 0.1) is 0 Å². The van der Waals surface area contributed by atoms with E-state index < -0.39 is 0 Å². The zero-order chi connectivity index (χ0) is 37.0. The van der Waals surface area contributed by atoms with Crippen LogP contribution in [-0.2, 0) is 0 Å². The Balaban J connectivity index is 0.983. The van der Waals surface area contributed by atoms with Crippen molar-refractivity contribution in [2.45, 2.75) is 0 Å². The van der Waals surface area contributed by atoms with Gasteiger partial charge in [-0.3, -0.25) is 0 Å². The Morgan fingerprint density at radius 2 is 0.786 bits per heavy atom. The first-order valence-corrected chi connectivity index (χ1v) is 19.2. The minimum atomic E-state index is 0.904. The van der Waals surface area contributed by atoms with Crippen molar-refractivity contribution in [2.75, 3.05) is 4.90 Å². The molecule has 2 nitrogen and oxygen atoms in total. The molecule has 0 aliphatic rings. The smallest absolute Gasteiger partial charge is 0.136 e. The molecule has 1 heterocycles. The fraction of sp³-hybridized carbons (Fsp3) is 0. The Morgan fingerprint density at radius 3 is 1.57 bits per heavy atom. The van der Waals surface area contributed by atoms with E-state index in [1.54, 1.807) is 0 Å². The third-order valence-electron chi connectivity index (χ3n) is 11.2. The molecule has 2 heteroatoms. The predicted molar refractivity (Wildman–Crippen MR) is 237 cm³/mol. The van der Waals surface area contributed by atoms with Crippen LogP contribution in [-0.4, -0.2) is 0 Å². The van der Waals surface area contributed by atoms with Crippen LogP contribution in [0.25, 0.3) is 87.6 Å². The molecule has 56 heavy (non-hydrogen) atoms. The molecule has 0 fully saturated rings. The number of hydrogen-bond acceptors (Lipinski definition) is 2. The third kappa shape index (κ3) is 5.51. The highest BCUT2D eigenvalue weighted by atomic mass is 16.3. The fourth-order valence-electron chi connectivity index (χ4n) is 8.44. The molecule has 0 amide bonds. The molecule has 0 aliphatic heterocycles. The van der Waals surface area contributed by atoms with Gasteiger partial charge in [0.15, 0.2) is 0 Å². The van der Waals surface area contributed by atoms with Gasteiger partial charge in [0.2, 0.25) is 0 Å². The van der Waals surface area contributed by atoms with E-state index in [2.05, 4.69) is 205 Å². The van der Waals surface area contributed by atoms with E-state index in [0.717, 1.165) is 50.1 Å². The van der Waals surface area contributed by atoms with Crippen LogP contribution in [0.2, 0.25) is 0 Å².